The predicted molar refractivity (Wildman–Crippen MR) is 139 cm³/mol. The van der Waals surface area contributed by atoms with E-state index in [1.165, 1.54) is 7.11 Å². The van der Waals surface area contributed by atoms with Crippen LogP contribution in [0.1, 0.15) is 27.8 Å². The van der Waals surface area contributed by atoms with Gasteiger partial charge in [0, 0.05) is 0 Å². The summed E-state index contributed by atoms with van der Waals surface area (Å²) in [7, 11) is 1.38. The fourth-order valence-electron chi connectivity index (χ4n) is 4.41. The second-order valence-corrected chi connectivity index (χ2v) is 8.40. The number of rotatable bonds is 10. The average Bonchev–Trinajstić information content (AvgIpc) is 2.96. The van der Waals surface area contributed by atoms with Crippen molar-refractivity contribution in [1.82, 2.24) is 5.32 Å². The molecule has 0 spiro atoms. The van der Waals surface area contributed by atoms with E-state index in [-0.39, 0.29) is 13.2 Å². The molecule has 0 aliphatic rings. The number of hydrogen-bond donors (Lipinski definition) is 1. The van der Waals surface area contributed by atoms with Crippen LogP contribution in [0.15, 0.2) is 115 Å². The molecule has 5 nitrogen and oxygen atoms in total. The first-order valence-electron chi connectivity index (χ1n) is 11.8. The van der Waals surface area contributed by atoms with Crippen molar-refractivity contribution >= 4 is 5.97 Å². The van der Waals surface area contributed by atoms with Gasteiger partial charge in [-0.3, -0.25) is 10.1 Å². The summed E-state index contributed by atoms with van der Waals surface area (Å²) in [6.07, 6.45) is 0. The molecule has 0 fully saturated rings. The van der Waals surface area contributed by atoms with E-state index in [9.17, 15) is 10.1 Å². The maximum Gasteiger partial charge on any atom is 0.325 e. The quantitative estimate of drug-likeness (QED) is 0.252. The number of nitriles is 1. The normalized spacial score (nSPS) is 11.9. The van der Waals surface area contributed by atoms with Gasteiger partial charge in [-0.25, -0.2) is 0 Å². The maximum atomic E-state index is 13.0. The molecule has 4 aromatic carbocycles. The molecule has 0 saturated heterocycles. The third kappa shape index (κ3) is 5.52. The van der Waals surface area contributed by atoms with E-state index in [1.54, 1.807) is 12.1 Å². The molecule has 5 heteroatoms. The van der Waals surface area contributed by atoms with E-state index in [0.717, 1.165) is 22.3 Å². The van der Waals surface area contributed by atoms with Gasteiger partial charge in [-0.1, -0.05) is 103 Å². The summed E-state index contributed by atoms with van der Waals surface area (Å²) in [5, 5.41) is 12.8. The highest BCUT2D eigenvalue weighted by Gasteiger charge is 2.40. The monoisotopic (exact) mass is 476 g/mol. The third-order valence-electron chi connectivity index (χ3n) is 6.11. The molecule has 1 N–H and O–H groups in total. The van der Waals surface area contributed by atoms with Gasteiger partial charge in [-0.15, -0.1) is 0 Å². The molecule has 0 heterocycles. The number of carbonyl (C=O) groups excluding carboxylic acids is 1. The van der Waals surface area contributed by atoms with Gasteiger partial charge in [0.1, 0.15) is 6.04 Å². The van der Waals surface area contributed by atoms with Crippen molar-refractivity contribution in [2.45, 2.75) is 18.2 Å². The van der Waals surface area contributed by atoms with Gasteiger partial charge in [0.05, 0.1) is 37.5 Å². The Hall–Kier alpha value is -4.24. The first-order valence-corrected chi connectivity index (χ1v) is 11.8. The van der Waals surface area contributed by atoms with Gasteiger partial charge >= 0.3 is 5.97 Å². The molecule has 0 bridgehead atoms. The standard InChI is InChI=1S/C31H28N2O3/c1-35-30(34)29(23-36-22-25-13-11-12-24(20-25)21-32)33-31(26-14-5-2-6-15-26,27-16-7-3-8-17-27)28-18-9-4-10-19-28/h2-20,29,33H,22-23H2,1H3/t29-/m0/s1. The fraction of sp³-hybridized carbons (Fsp3) is 0.161. The van der Waals surface area contributed by atoms with Crippen molar-refractivity contribution in [1.29, 1.82) is 5.26 Å². The molecule has 0 aliphatic heterocycles. The molecule has 180 valence electrons. The van der Waals surface area contributed by atoms with Crippen molar-refractivity contribution in [3.05, 3.63) is 143 Å². The molecule has 1 atom stereocenters. The van der Waals surface area contributed by atoms with Gasteiger partial charge < -0.3 is 9.47 Å². The summed E-state index contributed by atoms with van der Waals surface area (Å²) < 4.78 is 11.2. The molecule has 0 aromatic heterocycles. The zero-order chi connectivity index (χ0) is 25.2. The van der Waals surface area contributed by atoms with Gasteiger partial charge in [0.15, 0.2) is 0 Å². The van der Waals surface area contributed by atoms with Crippen molar-refractivity contribution in [2.24, 2.45) is 0 Å². The van der Waals surface area contributed by atoms with Crippen LogP contribution < -0.4 is 5.32 Å². The SMILES string of the molecule is COC(=O)[C@H](COCc1cccc(C#N)c1)NC(c1ccccc1)(c1ccccc1)c1ccccc1. The van der Waals surface area contributed by atoms with E-state index >= 15 is 0 Å². The molecular formula is C31H28N2O3. The Balaban J connectivity index is 1.73. The lowest BCUT2D eigenvalue weighted by Crippen LogP contribution is -2.54. The van der Waals surface area contributed by atoms with Gasteiger partial charge in [0.25, 0.3) is 0 Å². The van der Waals surface area contributed by atoms with Crippen LogP contribution in [0.25, 0.3) is 0 Å². The average molecular weight is 477 g/mol. The molecule has 4 rings (SSSR count). The zero-order valence-corrected chi connectivity index (χ0v) is 20.1. The largest absolute Gasteiger partial charge is 0.468 e. The molecule has 36 heavy (non-hydrogen) atoms. The summed E-state index contributed by atoms with van der Waals surface area (Å²) in [5.41, 5.74) is 3.54. The Labute approximate surface area is 211 Å². The third-order valence-corrected chi connectivity index (χ3v) is 6.11. The van der Waals surface area contributed by atoms with Crippen molar-refractivity contribution < 1.29 is 14.3 Å². The van der Waals surface area contributed by atoms with Crippen molar-refractivity contribution in [3.63, 3.8) is 0 Å². The van der Waals surface area contributed by atoms with Crippen LogP contribution in [0, 0.1) is 11.3 Å². The number of nitrogens with one attached hydrogen (secondary N) is 1. The number of hydrogen-bond acceptors (Lipinski definition) is 5. The van der Waals surface area contributed by atoms with Crippen molar-refractivity contribution in [2.75, 3.05) is 13.7 Å². The summed E-state index contributed by atoms with van der Waals surface area (Å²) in [5.74, 6) is -0.423. The van der Waals surface area contributed by atoms with Crippen LogP contribution in [-0.4, -0.2) is 25.7 Å². The first-order chi connectivity index (χ1) is 17.7. The Bertz CT molecular complexity index is 1210. The number of benzene rings is 4. The summed E-state index contributed by atoms with van der Waals surface area (Å²) in [4.78, 5) is 13.0. The number of ether oxygens (including phenoxy) is 2. The number of nitrogens with zero attached hydrogens (tertiary/aromatic N) is 1. The lowest BCUT2D eigenvalue weighted by molar-refractivity contribution is -0.145. The van der Waals surface area contributed by atoms with Crippen LogP contribution in [0.5, 0.6) is 0 Å². The Morgan fingerprint density at radius 2 is 1.36 bits per heavy atom. The van der Waals surface area contributed by atoms with Crippen molar-refractivity contribution in [3.8, 4) is 6.07 Å². The molecule has 0 saturated carbocycles. The van der Waals surface area contributed by atoms with Gasteiger partial charge in [-0.05, 0) is 34.4 Å². The minimum Gasteiger partial charge on any atom is -0.468 e. The Morgan fingerprint density at radius 1 is 0.833 bits per heavy atom. The minimum absolute atomic E-state index is 0.0811. The van der Waals surface area contributed by atoms with Crippen LogP contribution in [0.2, 0.25) is 0 Å². The maximum absolute atomic E-state index is 13.0. The van der Waals surface area contributed by atoms with Crippen LogP contribution >= 0.6 is 0 Å². The first kappa shape index (κ1) is 24.9. The second kappa shape index (κ2) is 11.9. The van der Waals surface area contributed by atoms with Crippen LogP contribution in [0.4, 0.5) is 0 Å². The molecule has 0 amide bonds. The lowest BCUT2D eigenvalue weighted by Gasteiger charge is -2.39. The molecule has 0 unspecified atom stereocenters. The molecular weight excluding hydrogens is 448 g/mol. The van der Waals surface area contributed by atoms with E-state index in [1.807, 2.05) is 66.7 Å². The highest BCUT2D eigenvalue weighted by Crippen LogP contribution is 2.37. The smallest absolute Gasteiger partial charge is 0.325 e. The van der Waals surface area contributed by atoms with E-state index < -0.39 is 17.6 Å². The summed E-state index contributed by atoms with van der Waals surface area (Å²) in [6, 6.07) is 38.8. The Morgan fingerprint density at radius 3 is 1.83 bits per heavy atom. The minimum atomic E-state index is -0.841. The number of carbonyl (C=O) groups is 1. The highest BCUT2D eigenvalue weighted by molar-refractivity contribution is 5.76. The highest BCUT2D eigenvalue weighted by atomic mass is 16.5. The lowest BCUT2D eigenvalue weighted by atomic mass is 9.76. The van der Waals surface area contributed by atoms with Crippen LogP contribution in [0.3, 0.4) is 0 Å². The van der Waals surface area contributed by atoms with E-state index in [2.05, 4.69) is 47.8 Å². The summed E-state index contributed by atoms with van der Waals surface area (Å²) in [6.45, 7) is 0.345. The summed E-state index contributed by atoms with van der Waals surface area (Å²) >= 11 is 0. The molecule has 0 radical (unpaired) electrons. The fourth-order valence-corrected chi connectivity index (χ4v) is 4.41. The number of methoxy groups -OCH3 is 1. The van der Waals surface area contributed by atoms with Gasteiger partial charge in [0.2, 0.25) is 0 Å². The van der Waals surface area contributed by atoms with E-state index in [0.29, 0.717) is 5.56 Å². The topological polar surface area (TPSA) is 71.3 Å². The van der Waals surface area contributed by atoms with E-state index in [4.69, 9.17) is 9.47 Å². The Kier molecular flexibility index (Phi) is 8.25. The zero-order valence-electron chi connectivity index (χ0n) is 20.1. The second-order valence-electron chi connectivity index (χ2n) is 8.40. The molecule has 4 aromatic rings. The van der Waals surface area contributed by atoms with Gasteiger partial charge in [-0.2, -0.15) is 5.26 Å². The van der Waals surface area contributed by atoms with Crippen LogP contribution in [-0.2, 0) is 26.4 Å². The molecule has 0 aliphatic carbocycles. The predicted octanol–water partition coefficient (Wildman–Crippen LogP) is 5.20. The number of esters is 1.